The van der Waals surface area contributed by atoms with Crippen LogP contribution in [0.4, 0.5) is 17.6 Å². The number of imidazole rings is 3. The van der Waals surface area contributed by atoms with Gasteiger partial charge in [0.2, 0.25) is 17.8 Å². The molecule has 3 unspecified atom stereocenters. The molecule has 0 bridgehead atoms. The number of anilines is 3. The summed E-state index contributed by atoms with van der Waals surface area (Å²) in [5.41, 5.74) is 18.0. The summed E-state index contributed by atoms with van der Waals surface area (Å²) in [7, 11) is -15.2. The molecule has 0 spiro atoms. The molecule has 0 aromatic carbocycles. The van der Waals surface area contributed by atoms with Crippen LogP contribution in [0.2, 0.25) is 0 Å². The first-order valence-electron chi connectivity index (χ1n) is 30.3. The van der Waals surface area contributed by atoms with Gasteiger partial charge in [0.1, 0.15) is 97.8 Å². The van der Waals surface area contributed by atoms with Gasteiger partial charge >= 0.3 is 23.5 Å². The van der Waals surface area contributed by atoms with Crippen molar-refractivity contribution < 1.29 is 118 Å². The summed E-state index contributed by atoms with van der Waals surface area (Å²) in [6, 6.07) is -1.08. The molecule has 4 saturated heterocycles. The number of rotatable bonds is 35. The number of phosphoric ester groups is 3. The number of hydrogen-bond donors (Lipinski definition) is 12. The number of hydrogen-bond acceptors (Lipinski definition) is 34. The lowest BCUT2D eigenvalue weighted by Gasteiger charge is -2.42. The topological polar surface area (TPSA) is 589 Å². The summed E-state index contributed by atoms with van der Waals surface area (Å²) in [6.45, 7) is 1.77. The zero-order valence-corrected chi connectivity index (χ0v) is 54.9. The predicted molar refractivity (Wildman–Crippen MR) is 326 cm³/mol. The number of unbranched alkanes of at least 4 members (excludes halogenated alkanes) is 1. The van der Waals surface area contributed by atoms with Gasteiger partial charge in [-0.1, -0.05) is 0 Å². The molecular weight excluding hydrogens is 1360 g/mol. The van der Waals surface area contributed by atoms with Gasteiger partial charge in [-0.25, -0.2) is 48.6 Å². The first-order valence-corrected chi connectivity index (χ1v) is 34.8. The van der Waals surface area contributed by atoms with Crippen molar-refractivity contribution in [2.24, 2.45) is 0 Å². The van der Waals surface area contributed by atoms with Crippen LogP contribution in [0.1, 0.15) is 78.0 Å². The minimum absolute atomic E-state index is 0.0272. The minimum Gasteiger partial charge on any atom is -0.394 e. The second-order valence-electron chi connectivity index (χ2n) is 22.7. The Balaban J connectivity index is 0.722. The maximum Gasteiger partial charge on any atom is 0.472 e. The maximum atomic E-state index is 14.1. The van der Waals surface area contributed by atoms with E-state index < -0.39 is 153 Å². The molecule has 15 N–H and O–H groups in total. The molecule has 4 aliphatic rings. The van der Waals surface area contributed by atoms with Crippen molar-refractivity contribution in [2.75, 3.05) is 83.4 Å². The number of fused-ring (bicyclic) bond motifs is 3. The molecule has 43 nitrogen and oxygen atoms in total. The van der Waals surface area contributed by atoms with Crippen LogP contribution in [-0.2, 0) is 88.3 Å². The van der Waals surface area contributed by atoms with E-state index in [4.69, 9.17) is 82.2 Å². The zero-order valence-electron chi connectivity index (χ0n) is 52.2. The number of aromatic amines is 1. The fourth-order valence-electron chi connectivity index (χ4n) is 11.0. The largest absolute Gasteiger partial charge is 0.472 e. The number of phosphoric acid groups is 3. The van der Waals surface area contributed by atoms with Crippen LogP contribution in [0, 0.1) is 0 Å². The molecule has 4 fully saturated rings. The molecule has 6 aromatic rings. The van der Waals surface area contributed by atoms with E-state index in [1.165, 1.54) is 66.1 Å². The van der Waals surface area contributed by atoms with Crippen molar-refractivity contribution in [3.63, 3.8) is 0 Å². The van der Waals surface area contributed by atoms with E-state index in [0.29, 0.717) is 12.8 Å². The number of carbonyl (C=O) groups is 2. The number of ether oxygens (including phenoxy) is 8. The van der Waals surface area contributed by atoms with E-state index in [2.05, 4.69) is 55.5 Å². The molecule has 46 heteroatoms. The van der Waals surface area contributed by atoms with Crippen molar-refractivity contribution in [3.8, 4) is 0 Å². The third kappa shape index (κ3) is 18.8. The number of aliphatic hydroxyl groups is 3. The fourth-order valence-corrected chi connectivity index (χ4v) is 13.8. The van der Waals surface area contributed by atoms with Crippen LogP contribution in [0.25, 0.3) is 33.5 Å². The molecule has 2 amide bonds. The number of aliphatic hydroxyl groups excluding tert-OH is 3. The normalized spacial score (nSPS) is 28.0. The van der Waals surface area contributed by atoms with Crippen molar-refractivity contribution in [1.82, 2.24) is 69.2 Å². The number of amides is 2. The van der Waals surface area contributed by atoms with Crippen LogP contribution < -0.4 is 33.4 Å². The average Bonchev–Trinajstić information content (AvgIpc) is 1.68. The van der Waals surface area contributed by atoms with Crippen LogP contribution in [0.3, 0.4) is 0 Å². The molecular formula is C51H76N17O26P3. The van der Waals surface area contributed by atoms with Crippen LogP contribution in [0.5, 0.6) is 0 Å². The van der Waals surface area contributed by atoms with E-state index in [1.807, 2.05) is 0 Å². The summed E-state index contributed by atoms with van der Waals surface area (Å²) in [6.07, 6.45) is -9.89. The smallest absolute Gasteiger partial charge is 0.394 e. The van der Waals surface area contributed by atoms with Gasteiger partial charge in [-0.3, -0.25) is 60.2 Å². The van der Waals surface area contributed by atoms with Crippen molar-refractivity contribution in [3.05, 3.63) is 42.0 Å². The SMILES string of the molecule is CC(=O)N[C@H]1[C@H](OCCCCC(=O)NCCOCCOCO[C@@H]2C[C@@H](COP(=O)(O)O[C@H]3C[C@H](n4cnc5c(N)ncnc54)O[C@@H]3COP(=O)(O)O[C@H]3C[C@H](n4cnc5c(=O)[nH]c(N)nc54)O[C@@H]3COP(=O)(O)OC(C)C)O[C@H]2n2cnc3c(N)ncnc32)O[C@H](CO)[C@H](O)[C@@H]1O. The lowest BCUT2D eigenvalue weighted by atomic mass is 9.97. The Bertz CT molecular complexity index is 3870. The van der Waals surface area contributed by atoms with E-state index in [1.54, 1.807) is 0 Å². The molecule has 10 heterocycles. The molecule has 0 aliphatic carbocycles. The number of nitrogens with zero attached hydrogens (tertiary/aromatic N) is 11. The van der Waals surface area contributed by atoms with Gasteiger partial charge < -0.3 is 95.7 Å². The molecule has 6 aromatic heterocycles. The standard InChI is InChI=1S/C51H76N17O26P3/c1-25(2)92-95(75,76)86-17-32-29(14-36(90-32)67-22-62-40-47(67)64-51(54)65-48(40)74)94-97(79,80)87-18-33-28(13-35(89-33)66-21-60-38-43(52)56-19-58-45(38)66)93-96(77,78)85-16-27-12-30(49(88-27)68-23-61-39-44(53)57-20-59-46(39)68)84-24-82-11-10-81-9-7-55-34(71)6-4-5-8-83-50-37(63-26(3)70)42(73)41(72)31(15-69)91-50/h19-23,25,27-33,35-37,41-42,49-50,69,72-73H,4-18,24H2,1-3H3,(H,55,71)(H,63,70)(H,75,76)(H,77,78)(H,79,80)(H2,52,56,58)(H2,53,57,59)(H3,54,64,65,74)/t27-,28-,29-,30+,31+,32+,33+,35+,36+,37+,41-,42+,49+,50+/m0/s1. The Hall–Kier alpha value is -6.32. The first-order chi connectivity index (χ1) is 46.3. The Kier molecular flexibility index (Phi) is 24.5. The molecule has 0 radical (unpaired) electrons. The Labute approximate surface area is 549 Å². The highest BCUT2D eigenvalue weighted by molar-refractivity contribution is 7.48. The second kappa shape index (κ2) is 32.3. The molecule has 536 valence electrons. The van der Waals surface area contributed by atoms with Crippen molar-refractivity contribution in [2.45, 2.75) is 151 Å². The molecule has 4 aliphatic heterocycles. The minimum atomic E-state index is -5.27. The van der Waals surface area contributed by atoms with E-state index >= 15 is 0 Å². The highest BCUT2D eigenvalue weighted by Crippen LogP contribution is 2.53. The third-order valence-electron chi connectivity index (χ3n) is 15.4. The first kappa shape index (κ1) is 73.4. The number of aromatic nitrogens is 12. The summed E-state index contributed by atoms with van der Waals surface area (Å²) < 4.78 is 125. The fraction of sp³-hybridized carbons (Fsp3) is 0.667. The number of nitrogen functional groups attached to an aromatic ring is 3. The van der Waals surface area contributed by atoms with Gasteiger partial charge in [0.15, 0.2) is 46.6 Å². The van der Waals surface area contributed by atoms with Crippen molar-refractivity contribution >= 4 is 86.4 Å². The van der Waals surface area contributed by atoms with Crippen LogP contribution in [0.15, 0.2) is 36.4 Å². The van der Waals surface area contributed by atoms with E-state index in [-0.39, 0.29) is 122 Å². The van der Waals surface area contributed by atoms with Crippen molar-refractivity contribution in [1.29, 1.82) is 0 Å². The van der Waals surface area contributed by atoms with Gasteiger partial charge in [0.05, 0.1) is 77.4 Å². The van der Waals surface area contributed by atoms with Gasteiger partial charge in [-0.15, -0.1) is 0 Å². The monoisotopic (exact) mass is 1440 g/mol. The second-order valence-corrected chi connectivity index (χ2v) is 27.0. The summed E-state index contributed by atoms with van der Waals surface area (Å²) in [4.78, 5) is 106. The van der Waals surface area contributed by atoms with Crippen LogP contribution >= 0.6 is 23.5 Å². The number of nitrogens with two attached hydrogens (primary N) is 3. The molecule has 97 heavy (non-hydrogen) atoms. The summed E-state index contributed by atoms with van der Waals surface area (Å²) in [5, 5.41) is 35.4. The molecule has 17 atom stereocenters. The molecule has 0 saturated carbocycles. The highest BCUT2D eigenvalue weighted by Gasteiger charge is 2.49. The van der Waals surface area contributed by atoms with Gasteiger partial charge in [-0.05, 0) is 26.7 Å². The maximum absolute atomic E-state index is 14.1. The van der Waals surface area contributed by atoms with Gasteiger partial charge in [0, 0.05) is 45.8 Å². The number of H-pyrrole nitrogens is 1. The average molecular weight is 1440 g/mol. The van der Waals surface area contributed by atoms with Gasteiger partial charge in [-0.2, -0.15) is 4.98 Å². The number of carbonyl (C=O) groups excluding carboxylic acids is 2. The predicted octanol–water partition coefficient (Wildman–Crippen LogP) is -1.42. The Morgan fingerprint density at radius 1 is 0.680 bits per heavy atom. The quantitative estimate of drug-likeness (QED) is 0.0123. The Morgan fingerprint density at radius 2 is 1.27 bits per heavy atom. The summed E-state index contributed by atoms with van der Waals surface area (Å²) in [5.74, 6) is -0.884. The van der Waals surface area contributed by atoms with E-state index in [0.717, 1.165) is 0 Å². The number of nitrogens with one attached hydrogen (secondary N) is 3. The van der Waals surface area contributed by atoms with Gasteiger partial charge in [0.25, 0.3) is 5.56 Å². The summed E-state index contributed by atoms with van der Waals surface area (Å²) >= 11 is 0. The van der Waals surface area contributed by atoms with E-state index in [9.17, 15) is 58.1 Å². The lowest BCUT2D eigenvalue weighted by molar-refractivity contribution is -0.270. The van der Waals surface area contributed by atoms with Crippen LogP contribution in [-0.4, -0.2) is 240 Å². The zero-order chi connectivity index (χ0) is 69.3. The Morgan fingerprint density at radius 3 is 1.90 bits per heavy atom. The third-order valence-corrected chi connectivity index (χ3v) is 18.6. The molecule has 10 rings (SSSR count). The highest BCUT2D eigenvalue weighted by atomic mass is 31.2. The lowest BCUT2D eigenvalue weighted by Crippen LogP contribution is -2.64.